The number of pyridine rings is 1. The number of carbonyl (C=O) groups excluding carboxylic acids is 1. The molecule has 4 nitrogen and oxygen atoms in total. The maximum absolute atomic E-state index is 12.2. The smallest absolute Gasteiger partial charge is 0.257 e. The average Bonchev–Trinajstić information content (AvgIpc) is 2.43. The molecule has 1 heterocycles. The summed E-state index contributed by atoms with van der Waals surface area (Å²) >= 11 is 10.3. The summed E-state index contributed by atoms with van der Waals surface area (Å²) in [5.74, 6) is 0.536. The molecule has 0 saturated carbocycles. The number of carbonyl (C=O) groups is 1. The van der Waals surface area contributed by atoms with Crippen molar-refractivity contribution in [3.05, 3.63) is 49.4 Å². The third kappa shape index (κ3) is 4.28. The molecule has 0 bridgehead atoms. The number of aromatic nitrogens is 1. The lowest BCUT2D eigenvalue weighted by Gasteiger charge is -2.10. The molecule has 110 valence electrons. The predicted octanol–water partition coefficient (Wildman–Crippen LogP) is 5.05. The number of benzene rings is 1. The second kappa shape index (κ2) is 7.38. The van der Waals surface area contributed by atoms with Crippen molar-refractivity contribution in [1.29, 1.82) is 0 Å². The molecule has 21 heavy (non-hydrogen) atoms. The zero-order chi connectivity index (χ0) is 15.4. The maximum atomic E-state index is 12.2. The van der Waals surface area contributed by atoms with Crippen LogP contribution in [-0.2, 0) is 0 Å². The molecule has 7 heteroatoms. The van der Waals surface area contributed by atoms with Gasteiger partial charge in [-0.05, 0) is 63.0 Å². The summed E-state index contributed by atoms with van der Waals surface area (Å²) in [6, 6.07) is 7.25. The van der Waals surface area contributed by atoms with Crippen molar-refractivity contribution in [2.24, 2.45) is 0 Å². The van der Waals surface area contributed by atoms with Crippen molar-refractivity contribution in [2.75, 3.05) is 17.2 Å². The molecular formula is C14H12Br3N3O. The van der Waals surface area contributed by atoms with Gasteiger partial charge in [-0.2, -0.15) is 0 Å². The highest BCUT2D eigenvalue weighted by Gasteiger charge is 2.12. The van der Waals surface area contributed by atoms with Gasteiger partial charge in [0.25, 0.3) is 5.91 Å². The fourth-order valence-electron chi connectivity index (χ4n) is 1.66. The molecule has 2 aromatic rings. The number of nitrogens with zero attached hydrogens (tertiary/aromatic N) is 1. The first kappa shape index (κ1) is 16.5. The van der Waals surface area contributed by atoms with E-state index in [0.717, 1.165) is 25.8 Å². The van der Waals surface area contributed by atoms with Gasteiger partial charge in [0.15, 0.2) is 0 Å². The van der Waals surface area contributed by atoms with Crippen molar-refractivity contribution in [1.82, 2.24) is 4.98 Å². The number of hydrogen-bond acceptors (Lipinski definition) is 3. The van der Waals surface area contributed by atoms with Gasteiger partial charge in [0.2, 0.25) is 0 Å². The number of rotatable bonds is 4. The topological polar surface area (TPSA) is 54.0 Å². The van der Waals surface area contributed by atoms with E-state index < -0.39 is 0 Å². The minimum atomic E-state index is -0.214. The van der Waals surface area contributed by atoms with Gasteiger partial charge in [0.1, 0.15) is 5.82 Å². The average molecular weight is 478 g/mol. The van der Waals surface area contributed by atoms with Crippen LogP contribution < -0.4 is 10.6 Å². The minimum Gasteiger partial charge on any atom is -0.370 e. The highest BCUT2D eigenvalue weighted by atomic mass is 79.9. The van der Waals surface area contributed by atoms with Gasteiger partial charge in [-0.1, -0.05) is 15.9 Å². The normalized spacial score (nSPS) is 10.3. The monoisotopic (exact) mass is 475 g/mol. The first-order valence-corrected chi connectivity index (χ1v) is 8.55. The number of hydrogen-bond donors (Lipinski definition) is 2. The molecule has 0 radical (unpaired) electrons. The Morgan fingerprint density at radius 1 is 1.19 bits per heavy atom. The minimum absolute atomic E-state index is 0.214. The number of nitrogens with one attached hydrogen (secondary N) is 2. The molecule has 1 amide bonds. The van der Waals surface area contributed by atoms with Gasteiger partial charge in [0, 0.05) is 26.2 Å². The quantitative estimate of drug-likeness (QED) is 0.647. The zero-order valence-electron chi connectivity index (χ0n) is 11.1. The van der Waals surface area contributed by atoms with Gasteiger partial charge in [-0.15, -0.1) is 0 Å². The summed E-state index contributed by atoms with van der Waals surface area (Å²) in [5, 5.41) is 5.94. The van der Waals surface area contributed by atoms with Crippen molar-refractivity contribution in [2.45, 2.75) is 6.92 Å². The Labute approximate surface area is 148 Å². The summed E-state index contributed by atoms with van der Waals surface area (Å²) in [7, 11) is 0. The van der Waals surface area contributed by atoms with E-state index >= 15 is 0 Å². The fourth-order valence-corrected chi connectivity index (χ4v) is 4.12. The molecule has 2 rings (SSSR count). The van der Waals surface area contributed by atoms with Crippen LogP contribution in [0.3, 0.4) is 0 Å². The Morgan fingerprint density at radius 3 is 2.38 bits per heavy atom. The predicted molar refractivity (Wildman–Crippen MR) is 95.9 cm³/mol. The Hall–Kier alpha value is -0.920. The molecule has 0 fully saturated rings. The molecule has 2 N–H and O–H groups in total. The van der Waals surface area contributed by atoms with Crippen LogP contribution in [0, 0.1) is 0 Å². The summed E-state index contributed by atoms with van der Waals surface area (Å²) in [6.45, 7) is 2.78. The molecular weight excluding hydrogens is 466 g/mol. The summed E-state index contributed by atoms with van der Waals surface area (Å²) in [4.78, 5) is 16.4. The van der Waals surface area contributed by atoms with Crippen LogP contribution in [-0.4, -0.2) is 17.4 Å². The van der Waals surface area contributed by atoms with Crippen LogP contribution in [0.4, 0.5) is 11.5 Å². The Balaban J connectivity index is 2.18. The fraction of sp³-hybridized carbons (Fsp3) is 0.143. The molecule has 1 aromatic carbocycles. The van der Waals surface area contributed by atoms with Gasteiger partial charge in [-0.25, -0.2) is 4.98 Å². The van der Waals surface area contributed by atoms with Crippen LogP contribution in [0.25, 0.3) is 0 Å². The molecule has 0 unspecified atom stereocenters. The van der Waals surface area contributed by atoms with Crippen molar-refractivity contribution in [3.63, 3.8) is 0 Å². The van der Waals surface area contributed by atoms with E-state index in [0.29, 0.717) is 11.3 Å². The van der Waals surface area contributed by atoms with Gasteiger partial charge >= 0.3 is 0 Å². The van der Waals surface area contributed by atoms with Crippen molar-refractivity contribution >= 4 is 65.2 Å². The first-order chi connectivity index (χ1) is 10.0. The van der Waals surface area contributed by atoms with E-state index in [2.05, 4.69) is 63.4 Å². The van der Waals surface area contributed by atoms with Gasteiger partial charge in [0.05, 0.1) is 11.3 Å². The summed E-state index contributed by atoms with van der Waals surface area (Å²) < 4.78 is 2.49. The van der Waals surface area contributed by atoms with Crippen LogP contribution in [0.2, 0.25) is 0 Å². The lowest BCUT2D eigenvalue weighted by molar-refractivity contribution is 0.102. The van der Waals surface area contributed by atoms with E-state index in [1.54, 1.807) is 18.3 Å². The lowest BCUT2D eigenvalue weighted by Crippen LogP contribution is -2.13. The second-order valence-corrected chi connectivity index (χ2v) is 6.79. The van der Waals surface area contributed by atoms with E-state index in [-0.39, 0.29) is 5.91 Å². The molecule has 0 aliphatic heterocycles. The van der Waals surface area contributed by atoms with E-state index in [9.17, 15) is 4.79 Å². The van der Waals surface area contributed by atoms with E-state index in [4.69, 9.17) is 0 Å². The van der Waals surface area contributed by atoms with Gasteiger partial charge < -0.3 is 10.6 Å². The second-order valence-electron chi connectivity index (χ2n) is 4.16. The van der Waals surface area contributed by atoms with Crippen molar-refractivity contribution < 1.29 is 4.79 Å². The molecule has 1 aromatic heterocycles. The lowest BCUT2D eigenvalue weighted by atomic mass is 10.2. The summed E-state index contributed by atoms with van der Waals surface area (Å²) in [5.41, 5.74) is 1.18. The Morgan fingerprint density at radius 2 is 1.86 bits per heavy atom. The van der Waals surface area contributed by atoms with E-state index in [1.807, 2.05) is 19.1 Å². The summed E-state index contributed by atoms with van der Waals surface area (Å²) in [6.07, 6.45) is 1.55. The number of amides is 1. The molecule has 0 saturated heterocycles. The highest BCUT2D eigenvalue weighted by Crippen LogP contribution is 2.34. The molecule has 0 aliphatic carbocycles. The Bertz CT molecular complexity index is 636. The molecule has 0 aliphatic rings. The van der Waals surface area contributed by atoms with Crippen LogP contribution in [0.1, 0.15) is 17.3 Å². The maximum Gasteiger partial charge on any atom is 0.257 e. The zero-order valence-corrected chi connectivity index (χ0v) is 15.8. The third-order valence-electron chi connectivity index (χ3n) is 2.63. The van der Waals surface area contributed by atoms with E-state index in [1.165, 1.54) is 0 Å². The largest absolute Gasteiger partial charge is 0.370 e. The van der Waals surface area contributed by atoms with Crippen LogP contribution in [0.15, 0.2) is 43.9 Å². The Kier molecular flexibility index (Phi) is 5.78. The van der Waals surface area contributed by atoms with Crippen molar-refractivity contribution in [3.8, 4) is 0 Å². The number of halogens is 3. The molecule has 0 spiro atoms. The van der Waals surface area contributed by atoms with Crippen LogP contribution in [0.5, 0.6) is 0 Å². The third-order valence-corrected chi connectivity index (χ3v) is 4.34. The first-order valence-electron chi connectivity index (χ1n) is 6.17. The standard InChI is InChI=1S/C14H12Br3N3O/c1-2-18-12-4-3-8(7-19-12)14(21)20-13-10(16)5-9(15)6-11(13)17/h3-7H,2H2,1H3,(H,18,19)(H,20,21). The number of anilines is 2. The highest BCUT2D eigenvalue weighted by molar-refractivity contribution is 9.11. The van der Waals surface area contributed by atoms with Crippen LogP contribution >= 0.6 is 47.8 Å². The van der Waals surface area contributed by atoms with Gasteiger partial charge in [-0.3, -0.25) is 4.79 Å². The SMILES string of the molecule is CCNc1ccc(C(=O)Nc2c(Br)cc(Br)cc2Br)cn1. The molecule has 0 atom stereocenters.